The molecule has 25 heavy (non-hydrogen) atoms. The lowest BCUT2D eigenvalue weighted by Crippen LogP contribution is -2.53. The molecule has 132 valence electrons. The highest BCUT2D eigenvalue weighted by Gasteiger charge is 2.38. The van der Waals surface area contributed by atoms with Crippen LogP contribution in [0.5, 0.6) is 0 Å². The molecule has 0 aliphatic carbocycles. The van der Waals surface area contributed by atoms with E-state index in [4.69, 9.17) is 10.00 Å². The third-order valence-corrected chi connectivity index (χ3v) is 4.77. The number of hydrogen-bond donors (Lipinski definition) is 0. The monoisotopic (exact) mass is 342 g/mol. The number of anilines is 1. The lowest BCUT2D eigenvalue weighted by atomic mass is 10.2. The van der Waals surface area contributed by atoms with Crippen molar-refractivity contribution in [2.45, 2.75) is 19.4 Å². The Balaban J connectivity index is 1.59. The SMILES string of the molecule is CCOC(=O)N1CCN(C2CCN(c3ccc(C#N)cc3)C2=O)CC1. The van der Waals surface area contributed by atoms with Gasteiger partial charge >= 0.3 is 6.09 Å². The van der Waals surface area contributed by atoms with Gasteiger partial charge in [0.15, 0.2) is 0 Å². The molecule has 2 aliphatic heterocycles. The molecule has 1 atom stereocenters. The summed E-state index contributed by atoms with van der Waals surface area (Å²) >= 11 is 0. The average Bonchev–Trinajstić information content (AvgIpc) is 3.03. The molecule has 0 spiro atoms. The molecular weight excluding hydrogens is 320 g/mol. The fourth-order valence-corrected chi connectivity index (χ4v) is 3.41. The number of rotatable bonds is 3. The van der Waals surface area contributed by atoms with Crippen molar-refractivity contribution in [3.63, 3.8) is 0 Å². The van der Waals surface area contributed by atoms with Crippen molar-refractivity contribution >= 4 is 17.7 Å². The standard InChI is InChI=1S/C18H22N4O3/c1-2-25-18(24)21-11-9-20(10-12-21)16-7-8-22(17(16)23)15-5-3-14(13-19)4-6-15/h3-6,16H,2,7-12H2,1H3. The predicted octanol–water partition coefficient (Wildman–Crippen LogP) is 1.44. The third kappa shape index (κ3) is 3.59. The van der Waals surface area contributed by atoms with Crippen LogP contribution < -0.4 is 4.90 Å². The molecule has 2 aliphatic rings. The van der Waals surface area contributed by atoms with Gasteiger partial charge in [-0.2, -0.15) is 5.26 Å². The van der Waals surface area contributed by atoms with Gasteiger partial charge in [0.2, 0.25) is 5.91 Å². The second-order valence-corrected chi connectivity index (χ2v) is 6.17. The Morgan fingerprint density at radius 3 is 2.48 bits per heavy atom. The van der Waals surface area contributed by atoms with Gasteiger partial charge in [-0.3, -0.25) is 9.69 Å². The minimum Gasteiger partial charge on any atom is -0.450 e. The van der Waals surface area contributed by atoms with Crippen molar-refractivity contribution in [3.05, 3.63) is 29.8 Å². The van der Waals surface area contributed by atoms with Gasteiger partial charge in [-0.25, -0.2) is 4.79 Å². The van der Waals surface area contributed by atoms with Gasteiger partial charge < -0.3 is 14.5 Å². The van der Waals surface area contributed by atoms with Gasteiger partial charge in [0.1, 0.15) is 0 Å². The van der Waals surface area contributed by atoms with Gasteiger partial charge in [0.05, 0.1) is 24.3 Å². The van der Waals surface area contributed by atoms with E-state index in [1.165, 1.54) is 0 Å². The molecule has 1 aromatic rings. The van der Waals surface area contributed by atoms with Crippen molar-refractivity contribution in [2.75, 3.05) is 44.2 Å². The molecule has 7 heteroatoms. The average molecular weight is 342 g/mol. The smallest absolute Gasteiger partial charge is 0.409 e. The van der Waals surface area contributed by atoms with Crippen LogP contribution in [-0.4, -0.2) is 67.2 Å². The number of nitriles is 1. The summed E-state index contributed by atoms with van der Waals surface area (Å²) in [7, 11) is 0. The summed E-state index contributed by atoms with van der Waals surface area (Å²) in [6.45, 7) is 5.36. The second kappa shape index (κ2) is 7.53. The zero-order valence-electron chi connectivity index (χ0n) is 14.4. The number of carbonyl (C=O) groups is 2. The van der Waals surface area contributed by atoms with Crippen LogP contribution >= 0.6 is 0 Å². The van der Waals surface area contributed by atoms with E-state index in [9.17, 15) is 9.59 Å². The Bertz CT molecular complexity index is 675. The molecule has 0 radical (unpaired) electrons. The first kappa shape index (κ1) is 17.2. The van der Waals surface area contributed by atoms with E-state index in [1.807, 2.05) is 12.1 Å². The first-order valence-corrected chi connectivity index (χ1v) is 8.61. The van der Waals surface area contributed by atoms with Crippen molar-refractivity contribution < 1.29 is 14.3 Å². The van der Waals surface area contributed by atoms with Gasteiger partial charge in [-0.05, 0) is 37.6 Å². The van der Waals surface area contributed by atoms with Gasteiger partial charge in [0.25, 0.3) is 0 Å². The first-order valence-electron chi connectivity index (χ1n) is 8.61. The molecule has 0 N–H and O–H groups in total. The predicted molar refractivity (Wildman–Crippen MR) is 92.1 cm³/mol. The highest BCUT2D eigenvalue weighted by Crippen LogP contribution is 2.25. The number of carbonyl (C=O) groups excluding carboxylic acids is 2. The summed E-state index contributed by atoms with van der Waals surface area (Å²) in [6, 6.07) is 9.04. The lowest BCUT2D eigenvalue weighted by molar-refractivity contribution is -0.122. The van der Waals surface area contributed by atoms with Crippen LogP contribution in [0.3, 0.4) is 0 Å². The van der Waals surface area contributed by atoms with E-state index in [0.29, 0.717) is 44.9 Å². The largest absolute Gasteiger partial charge is 0.450 e. The van der Waals surface area contributed by atoms with Crippen LogP contribution in [0.1, 0.15) is 18.9 Å². The fraction of sp³-hybridized carbons (Fsp3) is 0.500. The lowest BCUT2D eigenvalue weighted by Gasteiger charge is -2.36. The Hall–Kier alpha value is -2.59. The van der Waals surface area contributed by atoms with Crippen LogP contribution in [-0.2, 0) is 9.53 Å². The summed E-state index contributed by atoms with van der Waals surface area (Å²) in [6.07, 6.45) is 0.497. The summed E-state index contributed by atoms with van der Waals surface area (Å²) < 4.78 is 5.03. The molecule has 0 saturated carbocycles. The molecule has 7 nitrogen and oxygen atoms in total. The van der Waals surface area contributed by atoms with Gasteiger partial charge in [-0.1, -0.05) is 0 Å². The highest BCUT2D eigenvalue weighted by atomic mass is 16.6. The van der Waals surface area contributed by atoms with Crippen molar-refractivity contribution in [1.82, 2.24) is 9.80 Å². The molecular formula is C18H22N4O3. The number of nitrogens with zero attached hydrogens (tertiary/aromatic N) is 4. The number of ether oxygens (including phenoxy) is 1. The number of benzene rings is 1. The van der Waals surface area contributed by atoms with Gasteiger partial charge in [-0.15, -0.1) is 0 Å². The van der Waals surface area contributed by atoms with Crippen LogP contribution in [0.4, 0.5) is 10.5 Å². The summed E-state index contributed by atoms with van der Waals surface area (Å²) in [5.74, 6) is 0.0919. The molecule has 0 aromatic heterocycles. The topological polar surface area (TPSA) is 76.9 Å². The quantitative estimate of drug-likeness (QED) is 0.831. The van der Waals surface area contributed by atoms with Crippen LogP contribution in [0.15, 0.2) is 24.3 Å². The minimum atomic E-state index is -0.279. The van der Waals surface area contributed by atoms with Gasteiger partial charge in [0, 0.05) is 38.4 Å². The summed E-state index contributed by atoms with van der Waals surface area (Å²) in [5.41, 5.74) is 1.42. The Labute approximate surface area is 147 Å². The second-order valence-electron chi connectivity index (χ2n) is 6.17. The molecule has 2 saturated heterocycles. The summed E-state index contributed by atoms with van der Waals surface area (Å²) in [5, 5.41) is 8.88. The summed E-state index contributed by atoms with van der Waals surface area (Å²) in [4.78, 5) is 30.2. The molecule has 2 heterocycles. The van der Waals surface area contributed by atoms with Crippen LogP contribution in [0.2, 0.25) is 0 Å². The number of amides is 2. The van der Waals surface area contributed by atoms with Crippen LogP contribution in [0, 0.1) is 11.3 Å². The Kier molecular flexibility index (Phi) is 5.19. The maximum atomic E-state index is 12.8. The third-order valence-electron chi connectivity index (χ3n) is 4.77. The van der Waals surface area contributed by atoms with E-state index < -0.39 is 0 Å². The highest BCUT2D eigenvalue weighted by molar-refractivity contribution is 5.99. The normalized spacial score (nSPS) is 21.3. The van der Waals surface area contributed by atoms with Crippen molar-refractivity contribution in [3.8, 4) is 6.07 Å². The molecule has 3 rings (SSSR count). The Morgan fingerprint density at radius 2 is 1.88 bits per heavy atom. The maximum absolute atomic E-state index is 12.8. The van der Waals surface area contributed by atoms with Crippen molar-refractivity contribution in [1.29, 1.82) is 5.26 Å². The molecule has 1 aromatic carbocycles. The molecule has 2 amide bonds. The number of hydrogen-bond acceptors (Lipinski definition) is 5. The van der Waals surface area contributed by atoms with Crippen LogP contribution in [0.25, 0.3) is 0 Å². The van der Waals surface area contributed by atoms with E-state index >= 15 is 0 Å². The zero-order valence-corrected chi connectivity index (χ0v) is 14.4. The van der Waals surface area contributed by atoms with E-state index in [1.54, 1.807) is 28.9 Å². The van der Waals surface area contributed by atoms with E-state index in [-0.39, 0.29) is 18.0 Å². The van der Waals surface area contributed by atoms with E-state index in [2.05, 4.69) is 11.0 Å². The minimum absolute atomic E-state index is 0.0919. The Morgan fingerprint density at radius 1 is 1.20 bits per heavy atom. The molecule has 2 fully saturated rings. The first-order chi connectivity index (χ1) is 12.1. The number of piperazine rings is 1. The maximum Gasteiger partial charge on any atom is 0.409 e. The fourth-order valence-electron chi connectivity index (χ4n) is 3.41. The molecule has 1 unspecified atom stereocenters. The zero-order chi connectivity index (χ0) is 17.8. The van der Waals surface area contributed by atoms with E-state index in [0.717, 1.165) is 12.1 Å². The molecule has 0 bridgehead atoms. The van der Waals surface area contributed by atoms with Crippen molar-refractivity contribution in [2.24, 2.45) is 0 Å².